The van der Waals surface area contributed by atoms with Crippen LogP contribution in [0.5, 0.6) is 0 Å². The number of nitrogens with zero attached hydrogens (tertiary/aromatic N) is 1. The van der Waals surface area contributed by atoms with Crippen LogP contribution in [-0.2, 0) is 19.3 Å². The standard InChI is InChI=1S/C8H20NO.CH4O4S/c1-5-9(3,4)7-8-10-6-2;1-5-6(2,3)4/h5-8H2,1-4H3;1H3,(H,2,3,4)/q+1;/p-1. The predicted octanol–water partition coefficient (Wildman–Crippen LogP) is 0.212. The van der Waals surface area contributed by atoms with Gasteiger partial charge in [-0.1, -0.05) is 0 Å². The SMILES string of the molecule is CCOCC[N+](C)(C)CC.COS(=O)(=O)[O-]. The highest BCUT2D eigenvalue weighted by atomic mass is 32.3. The average molecular weight is 257 g/mol. The van der Waals surface area contributed by atoms with Gasteiger partial charge in [0, 0.05) is 6.61 Å². The van der Waals surface area contributed by atoms with E-state index in [2.05, 4.69) is 25.2 Å². The number of quaternary nitrogens is 1. The van der Waals surface area contributed by atoms with E-state index in [9.17, 15) is 13.0 Å². The fraction of sp³-hybridized carbons (Fsp3) is 1.00. The summed E-state index contributed by atoms with van der Waals surface area (Å²) in [6.07, 6.45) is 0. The van der Waals surface area contributed by atoms with Gasteiger partial charge in [0.15, 0.2) is 0 Å². The van der Waals surface area contributed by atoms with Crippen LogP contribution in [0.1, 0.15) is 13.8 Å². The smallest absolute Gasteiger partial charge is 0.217 e. The van der Waals surface area contributed by atoms with Crippen LogP contribution >= 0.6 is 0 Å². The summed E-state index contributed by atoms with van der Waals surface area (Å²) in [5.41, 5.74) is 0. The van der Waals surface area contributed by atoms with Crippen LogP contribution in [0.25, 0.3) is 0 Å². The van der Waals surface area contributed by atoms with Crippen molar-refractivity contribution in [1.82, 2.24) is 0 Å². The summed E-state index contributed by atoms with van der Waals surface area (Å²) in [5, 5.41) is 0. The van der Waals surface area contributed by atoms with Gasteiger partial charge in [-0.15, -0.1) is 0 Å². The Labute approximate surface area is 98.7 Å². The Morgan fingerprint density at radius 1 is 1.25 bits per heavy atom. The van der Waals surface area contributed by atoms with Crippen molar-refractivity contribution >= 4 is 10.4 Å². The van der Waals surface area contributed by atoms with E-state index in [1.165, 1.54) is 6.54 Å². The number of ether oxygens (including phenoxy) is 1. The summed E-state index contributed by atoms with van der Waals surface area (Å²) < 4.78 is 37.3. The highest BCUT2D eigenvalue weighted by molar-refractivity contribution is 7.80. The predicted molar refractivity (Wildman–Crippen MR) is 60.7 cm³/mol. The third-order valence-corrected chi connectivity index (χ3v) is 2.51. The van der Waals surface area contributed by atoms with Gasteiger partial charge in [0.1, 0.15) is 6.54 Å². The lowest BCUT2D eigenvalue weighted by molar-refractivity contribution is -0.888. The summed E-state index contributed by atoms with van der Waals surface area (Å²) in [7, 11) is 0.838. The van der Waals surface area contributed by atoms with E-state index >= 15 is 0 Å². The first-order chi connectivity index (χ1) is 7.18. The molecule has 0 aromatic heterocycles. The van der Waals surface area contributed by atoms with Crippen LogP contribution < -0.4 is 0 Å². The molecule has 0 saturated heterocycles. The second-order valence-corrected chi connectivity index (χ2v) is 4.90. The molecule has 0 amide bonds. The van der Waals surface area contributed by atoms with Crippen molar-refractivity contribution in [2.24, 2.45) is 0 Å². The Hall–Kier alpha value is -0.210. The van der Waals surface area contributed by atoms with E-state index in [1.807, 2.05) is 6.92 Å². The van der Waals surface area contributed by atoms with Gasteiger partial charge in [-0.25, -0.2) is 8.42 Å². The minimum absolute atomic E-state index is 0.808. The quantitative estimate of drug-likeness (QED) is 0.294. The maximum absolute atomic E-state index is 9.22. The molecule has 0 aromatic rings. The molecule has 0 rings (SSSR count). The first-order valence-corrected chi connectivity index (χ1v) is 6.43. The Morgan fingerprint density at radius 2 is 1.69 bits per heavy atom. The third-order valence-electron chi connectivity index (χ3n) is 2.11. The van der Waals surface area contributed by atoms with Crippen molar-refractivity contribution < 1.29 is 26.4 Å². The Balaban J connectivity index is 0. The summed E-state index contributed by atoms with van der Waals surface area (Å²) >= 11 is 0. The summed E-state index contributed by atoms with van der Waals surface area (Å²) in [6, 6.07) is 0. The van der Waals surface area contributed by atoms with Crippen molar-refractivity contribution in [2.75, 3.05) is 47.5 Å². The van der Waals surface area contributed by atoms with E-state index in [-0.39, 0.29) is 0 Å². The van der Waals surface area contributed by atoms with Crippen LogP contribution in [0, 0.1) is 0 Å². The number of likely N-dealkylation sites (N-methyl/N-ethyl adjacent to an activating group) is 1. The molecular weight excluding hydrogens is 234 g/mol. The van der Waals surface area contributed by atoms with Gasteiger partial charge >= 0.3 is 0 Å². The second-order valence-electron chi connectivity index (χ2n) is 3.75. The van der Waals surface area contributed by atoms with Crippen LogP contribution in [0.3, 0.4) is 0 Å². The van der Waals surface area contributed by atoms with Gasteiger partial charge in [0.2, 0.25) is 10.4 Å². The molecule has 0 heterocycles. The lowest BCUT2D eigenvalue weighted by atomic mass is 10.4. The number of hydrogen-bond acceptors (Lipinski definition) is 5. The summed E-state index contributed by atoms with van der Waals surface area (Å²) in [4.78, 5) is 0. The maximum atomic E-state index is 9.22. The van der Waals surface area contributed by atoms with Crippen molar-refractivity contribution in [2.45, 2.75) is 13.8 Å². The van der Waals surface area contributed by atoms with Crippen molar-refractivity contribution in [3.8, 4) is 0 Å². The van der Waals surface area contributed by atoms with Crippen molar-refractivity contribution in [3.05, 3.63) is 0 Å². The lowest BCUT2D eigenvalue weighted by Gasteiger charge is -2.27. The molecule has 0 aromatic carbocycles. The van der Waals surface area contributed by atoms with Crippen LogP contribution in [0.4, 0.5) is 0 Å². The first kappa shape index (κ1) is 18.2. The van der Waals surface area contributed by atoms with E-state index < -0.39 is 10.4 Å². The van der Waals surface area contributed by atoms with Gasteiger partial charge in [0.25, 0.3) is 0 Å². The van der Waals surface area contributed by atoms with E-state index in [0.717, 1.165) is 31.4 Å². The van der Waals surface area contributed by atoms with Crippen LogP contribution in [0.15, 0.2) is 0 Å². The monoisotopic (exact) mass is 257 g/mol. The Kier molecular flexibility index (Phi) is 10.1. The molecule has 0 spiro atoms. The minimum Gasteiger partial charge on any atom is -0.726 e. The van der Waals surface area contributed by atoms with Crippen molar-refractivity contribution in [3.63, 3.8) is 0 Å². The molecule has 16 heavy (non-hydrogen) atoms. The molecule has 7 heteroatoms. The number of rotatable bonds is 6. The topological polar surface area (TPSA) is 75.7 Å². The molecule has 0 radical (unpaired) electrons. The molecular formula is C9H23NO5S. The van der Waals surface area contributed by atoms with E-state index in [4.69, 9.17) is 4.74 Å². The lowest BCUT2D eigenvalue weighted by Crippen LogP contribution is -2.41. The van der Waals surface area contributed by atoms with Crippen molar-refractivity contribution in [1.29, 1.82) is 0 Å². The fourth-order valence-corrected chi connectivity index (χ4v) is 0.614. The fourth-order valence-electron chi connectivity index (χ4n) is 0.614. The minimum atomic E-state index is -4.41. The molecule has 0 saturated carbocycles. The molecule has 0 atom stereocenters. The molecule has 100 valence electrons. The Morgan fingerprint density at radius 3 is 1.94 bits per heavy atom. The Bertz CT molecular complexity index is 251. The molecule has 0 aliphatic carbocycles. The van der Waals surface area contributed by atoms with Gasteiger partial charge in [-0.2, -0.15) is 0 Å². The molecule has 6 nitrogen and oxygen atoms in total. The second kappa shape index (κ2) is 8.89. The highest BCUT2D eigenvalue weighted by Gasteiger charge is 2.09. The normalized spacial score (nSPS) is 11.9. The largest absolute Gasteiger partial charge is 0.726 e. The van der Waals surface area contributed by atoms with Crippen LogP contribution in [-0.4, -0.2) is 65.0 Å². The van der Waals surface area contributed by atoms with Gasteiger partial charge in [-0.05, 0) is 13.8 Å². The van der Waals surface area contributed by atoms with Gasteiger partial charge in [0.05, 0.1) is 34.4 Å². The zero-order chi connectivity index (χ0) is 13.2. The van der Waals surface area contributed by atoms with Gasteiger partial charge < -0.3 is 13.8 Å². The molecule has 0 bridgehead atoms. The molecule has 0 unspecified atom stereocenters. The maximum Gasteiger partial charge on any atom is 0.217 e. The summed E-state index contributed by atoms with van der Waals surface area (Å²) in [5.74, 6) is 0. The summed E-state index contributed by atoms with van der Waals surface area (Å²) in [6.45, 7) is 8.25. The molecule has 0 fully saturated rings. The van der Waals surface area contributed by atoms with Gasteiger partial charge in [-0.3, -0.25) is 4.18 Å². The zero-order valence-electron chi connectivity index (χ0n) is 10.7. The number of hydrogen-bond donors (Lipinski definition) is 0. The van der Waals surface area contributed by atoms with E-state index in [0.29, 0.717) is 0 Å². The third kappa shape index (κ3) is 16.2. The van der Waals surface area contributed by atoms with E-state index in [1.54, 1.807) is 0 Å². The highest BCUT2D eigenvalue weighted by Crippen LogP contribution is 1.94. The zero-order valence-corrected chi connectivity index (χ0v) is 11.5. The molecule has 0 aliphatic heterocycles. The average Bonchev–Trinajstić information content (AvgIpc) is 2.18. The molecule has 0 aliphatic rings. The molecule has 0 N–H and O–H groups in total. The first-order valence-electron chi connectivity index (χ1n) is 5.09. The van der Waals surface area contributed by atoms with Crippen LogP contribution in [0.2, 0.25) is 0 Å².